The van der Waals surface area contributed by atoms with Gasteiger partial charge in [-0.25, -0.2) is 4.79 Å². The normalized spacial score (nSPS) is 12.7. The number of carbonyl (C=O) groups is 4. The van der Waals surface area contributed by atoms with Crippen LogP contribution >= 0.6 is 12.6 Å². The quantitative estimate of drug-likeness (QED) is 0.181. The number of benzene rings is 1. The molecule has 0 aliphatic heterocycles. The summed E-state index contributed by atoms with van der Waals surface area (Å²) >= 11 is 4.32. The molecule has 2 N–H and O–H groups in total. The Morgan fingerprint density at radius 3 is 2.32 bits per heavy atom. The lowest BCUT2D eigenvalue weighted by Gasteiger charge is -2.35. The molecule has 3 amide bonds. The number of aryl methyl sites for hydroxylation is 2. The van der Waals surface area contributed by atoms with E-state index in [4.69, 9.17) is 9.47 Å². The first-order chi connectivity index (χ1) is 17.8. The van der Waals surface area contributed by atoms with Crippen molar-refractivity contribution in [2.75, 3.05) is 25.4 Å². The topological polar surface area (TPSA) is 114 Å². The summed E-state index contributed by atoms with van der Waals surface area (Å²) in [4.78, 5) is 53.3. The molecule has 1 rings (SSSR count). The lowest BCUT2D eigenvalue weighted by Crippen LogP contribution is -2.54. The average molecular weight is 552 g/mol. The van der Waals surface area contributed by atoms with E-state index in [1.807, 2.05) is 32.0 Å². The van der Waals surface area contributed by atoms with Crippen molar-refractivity contribution < 1.29 is 28.7 Å². The zero-order chi connectivity index (χ0) is 28.9. The highest BCUT2D eigenvalue weighted by molar-refractivity contribution is 7.80. The molecule has 0 radical (unpaired) electrons. The number of hydrogen-bond acceptors (Lipinski definition) is 7. The summed E-state index contributed by atoms with van der Waals surface area (Å²) in [6, 6.07) is 3.72. The van der Waals surface area contributed by atoms with Crippen molar-refractivity contribution in [2.45, 2.75) is 91.8 Å². The van der Waals surface area contributed by atoms with Gasteiger partial charge in [0, 0.05) is 18.8 Å². The maximum atomic E-state index is 13.9. The second-order valence-electron chi connectivity index (χ2n) is 10.2. The van der Waals surface area contributed by atoms with Gasteiger partial charge < -0.3 is 25.0 Å². The van der Waals surface area contributed by atoms with Gasteiger partial charge in [0.15, 0.2) is 0 Å². The van der Waals surface area contributed by atoms with Crippen molar-refractivity contribution in [3.63, 3.8) is 0 Å². The number of nitrogens with zero attached hydrogens (tertiary/aromatic N) is 1. The zero-order valence-corrected chi connectivity index (χ0v) is 24.8. The maximum Gasteiger partial charge on any atom is 0.408 e. The number of alkyl carbamates (subject to hydrolysis) is 1. The molecular weight excluding hydrogens is 506 g/mol. The van der Waals surface area contributed by atoms with Crippen molar-refractivity contribution in [2.24, 2.45) is 0 Å². The Morgan fingerprint density at radius 1 is 1.08 bits per heavy atom. The fourth-order valence-corrected chi connectivity index (χ4v) is 4.18. The maximum absolute atomic E-state index is 13.9. The van der Waals surface area contributed by atoms with E-state index < -0.39 is 41.6 Å². The fraction of sp³-hybridized carbons (Fsp3) is 0.643. The number of amides is 3. The summed E-state index contributed by atoms with van der Waals surface area (Å²) < 4.78 is 10.3. The van der Waals surface area contributed by atoms with Crippen LogP contribution < -0.4 is 10.6 Å². The third-order valence-corrected chi connectivity index (χ3v) is 6.04. The Morgan fingerprint density at radius 2 is 1.76 bits per heavy atom. The van der Waals surface area contributed by atoms with E-state index in [0.29, 0.717) is 18.5 Å². The number of hydrogen-bond donors (Lipinski definition) is 3. The minimum atomic E-state index is -1.00. The summed E-state index contributed by atoms with van der Waals surface area (Å²) in [5.41, 5.74) is 1.81. The molecule has 0 bridgehead atoms. The monoisotopic (exact) mass is 551 g/mol. The molecule has 2 unspecified atom stereocenters. The summed E-state index contributed by atoms with van der Waals surface area (Å²) in [6.07, 6.45) is 1.74. The molecule has 0 aliphatic carbocycles. The standard InChI is InChI=1S/C28H45N3O6S/c1-8-10-11-16-31(26(34)22(18-38)30-27(35)37-28(5,6)7)24(21-13-12-19(3)17-20(21)4)25(33)29-15-14-23(32)36-9-2/h12-13,17,22,24,38H,8-11,14-16,18H2,1-7H3,(H,29,33)(H,30,35). The fourth-order valence-electron chi connectivity index (χ4n) is 3.93. The Labute approximate surface area is 232 Å². The van der Waals surface area contributed by atoms with Crippen LogP contribution in [0.25, 0.3) is 0 Å². The van der Waals surface area contributed by atoms with Crippen LogP contribution in [-0.2, 0) is 23.9 Å². The molecular formula is C28H45N3O6S. The second kappa shape index (κ2) is 16.3. The van der Waals surface area contributed by atoms with Gasteiger partial charge >= 0.3 is 12.1 Å². The van der Waals surface area contributed by atoms with Crippen molar-refractivity contribution in [1.82, 2.24) is 15.5 Å². The van der Waals surface area contributed by atoms with Gasteiger partial charge in [0.25, 0.3) is 0 Å². The van der Waals surface area contributed by atoms with E-state index in [-0.39, 0.29) is 25.3 Å². The molecule has 0 saturated heterocycles. The first kappa shape index (κ1) is 33.3. The Kier molecular flexibility index (Phi) is 14.2. The first-order valence-electron chi connectivity index (χ1n) is 13.3. The third-order valence-electron chi connectivity index (χ3n) is 5.67. The third kappa shape index (κ3) is 11.3. The van der Waals surface area contributed by atoms with E-state index in [9.17, 15) is 19.2 Å². The highest BCUT2D eigenvalue weighted by Crippen LogP contribution is 2.27. The number of ether oxygens (including phenoxy) is 2. The Bertz CT molecular complexity index is 947. The first-order valence-corrected chi connectivity index (χ1v) is 13.9. The molecule has 214 valence electrons. The molecule has 0 spiro atoms. The molecule has 0 heterocycles. The van der Waals surface area contributed by atoms with Crippen LogP contribution in [-0.4, -0.2) is 65.9 Å². The van der Waals surface area contributed by atoms with Crippen molar-refractivity contribution in [3.8, 4) is 0 Å². The Balaban J connectivity index is 3.39. The molecule has 38 heavy (non-hydrogen) atoms. The highest BCUT2D eigenvalue weighted by atomic mass is 32.1. The van der Waals surface area contributed by atoms with Crippen LogP contribution in [0.5, 0.6) is 0 Å². The molecule has 9 nitrogen and oxygen atoms in total. The number of unbranched alkanes of at least 4 members (excludes halogenated alkanes) is 2. The summed E-state index contributed by atoms with van der Waals surface area (Å²) in [7, 11) is 0. The van der Waals surface area contributed by atoms with Gasteiger partial charge in [-0.2, -0.15) is 12.6 Å². The minimum absolute atomic E-state index is 0.0163. The molecule has 0 fully saturated rings. The smallest absolute Gasteiger partial charge is 0.408 e. The second-order valence-corrected chi connectivity index (χ2v) is 10.6. The van der Waals surface area contributed by atoms with E-state index in [1.165, 1.54) is 4.90 Å². The van der Waals surface area contributed by atoms with Gasteiger partial charge in [0.2, 0.25) is 11.8 Å². The largest absolute Gasteiger partial charge is 0.466 e. The van der Waals surface area contributed by atoms with Gasteiger partial charge in [-0.3, -0.25) is 14.4 Å². The highest BCUT2D eigenvalue weighted by Gasteiger charge is 2.36. The Hall–Kier alpha value is -2.75. The molecule has 0 aromatic heterocycles. The van der Waals surface area contributed by atoms with Gasteiger partial charge in [0.05, 0.1) is 13.0 Å². The zero-order valence-electron chi connectivity index (χ0n) is 23.9. The van der Waals surface area contributed by atoms with Crippen molar-refractivity contribution in [1.29, 1.82) is 0 Å². The van der Waals surface area contributed by atoms with E-state index in [1.54, 1.807) is 27.7 Å². The lowest BCUT2D eigenvalue weighted by atomic mass is 9.96. The summed E-state index contributed by atoms with van der Waals surface area (Å²) in [5.74, 6) is -1.25. The van der Waals surface area contributed by atoms with Crippen molar-refractivity contribution >= 4 is 36.5 Å². The summed E-state index contributed by atoms with van der Waals surface area (Å²) in [5, 5.41) is 5.42. The van der Waals surface area contributed by atoms with Crippen molar-refractivity contribution in [3.05, 3.63) is 34.9 Å². The molecule has 10 heteroatoms. The van der Waals surface area contributed by atoms with Crippen LogP contribution in [0.15, 0.2) is 18.2 Å². The number of thiol groups is 1. The van der Waals surface area contributed by atoms with Gasteiger partial charge in [-0.05, 0) is 59.1 Å². The van der Waals surface area contributed by atoms with Crippen LogP contribution in [0, 0.1) is 13.8 Å². The number of rotatable bonds is 14. The number of esters is 1. The van der Waals surface area contributed by atoms with E-state index in [0.717, 1.165) is 24.0 Å². The van der Waals surface area contributed by atoms with E-state index in [2.05, 4.69) is 30.2 Å². The predicted octanol–water partition coefficient (Wildman–Crippen LogP) is 4.26. The molecule has 1 aromatic carbocycles. The molecule has 0 saturated carbocycles. The van der Waals surface area contributed by atoms with Crippen LogP contribution in [0.2, 0.25) is 0 Å². The molecule has 0 aliphatic rings. The number of nitrogens with one attached hydrogen (secondary N) is 2. The molecule has 2 atom stereocenters. The van der Waals surface area contributed by atoms with Crippen LogP contribution in [0.3, 0.4) is 0 Å². The van der Waals surface area contributed by atoms with Crippen LogP contribution in [0.4, 0.5) is 4.79 Å². The van der Waals surface area contributed by atoms with Gasteiger partial charge in [-0.15, -0.1) is 0 Å². The summed E-state index contributed by atoms with van der Waals surface area (Å²) in [6.45, 7) is 13.5. The number of carbonyl (C=O) groups excluding carboxylic acids is 4. The molecule has 1 aromatic rings. The van der Waals surface area contributed by atoms with Gasteiger partial charge in [0.1, 0.15) is 17.7 Å². The van der Waals surface area contributed by atoms with Gasteiger partial charge in [-0.1, -0.05) is 43.5 Å². The predicted molar refractivity (Wildman–Crippen MR) is 151 cm³/mol. The van der Waals surface area contributed by atoms with E-state index >= 15 is 0 Å². The van der Waals surface area contributed by atoms with Crippen LogP contribution in [0.1, 0.15) is 83.0 Å². The average Bonchev–Trinajstić information content (AvgIpc) is 2.81. The SMILES string of the molecule is CCCCCN(C(=O)C(CS)NC(=O)OC(C)(C)C)C(C(=O)NCCC(=O)OCC)c1ccc(C)cc1C. The minimum Gasteiger partial charge on any atom is -0.466 e. The lowest BCUT2D eigenvalue weighted by molar-refractivity contribution is -0.144.